The Balaban J connectivity index is 2.01. The molecule has 1 aromatic rings. The summed E-state index contributed by atoms with van der Waals surface area (Å²) in [5.74, 6) is -0.466. The number of aromatic nitrogens is 1. The van der Waals surface area contributed by atoms with Crippen molar-refractivity contribution in [2.45, 2.75) is 18.4 Å². The molecule has 19 heavy (non-hydrogen) atoms. The Morgan fingerprint density at radius 3 is 2.84 bits per heavy atom. The van der Waals surface area contributed by atoms with E-state index in [9.17, 15) is 4.79 Å². The molecule has 1 heterocycles. The lowest BCUT2D eigenvalue weighted by Crippen LogP contribution is -2.29. The van der Waals surface area contributed by atoms with Crippen LogP contribution in [0.5, 0.6) is 5.75 Å². The number of pyridine rings is 1. The number of aliphatic carboxylic acids is 1. The van der Waals surface area contributed by atoms with Gasteiger partial charge >= 0.3 is 5.97 Å². The highest BCUT2D eigenvalue weighted by Crippen LogP contribution is 2.42. The Labute approximate surface area is 118 Å². The second kappa shape index (κ2) is 5.83. The second-order valence-electron chi connectivity index (χ2n) is 3.81. The molecule has 104 valence electrons. The molecular formula is C10H11ClN2O5S. The smallest absolute Gasteiger partial charge is 0.348 e. The maximum Gasteiger partial charge on any atom is 0.348 e. The van der Waals surface area contributed by atoms with E-state index in [1.807, 2.05) is 0 Å². The monoisotopic (exact) mass is 306 g/mol. The molecule has 1 saturated carbocycles. The van der Waals surface area contributed by atoms with Crippen molar-refractivity contribution in [2.24, 2.45) is 0 Å². The van der Waals surface area contributed by atoms with Gasteiger partial charge in [0.05, 0.1) is 0 Å². The molecule has 0 unspecified atom stereocenters. The lowest BCUT2D eigenvalue weighted by Gasteiger charge is -2.14. The maximum absolute atomic E-state index is 11.0. The van der Waals surface area contributed by atoms with Crippen molar-refractivity contribution < 1.29 is 24.0 Å². The minimum Gasteiger partial charge on any atom is -0.478 e. The number of carbonyl (C=O) groups is 1. The molecule has 0 radical (unpaired) electrons. The van der Waals surface area contributed by atoms with Crippen molar-refractivity contribution in [3.05, 3.63) is 17.3 Å². The van der Waals surface area contributed by atoms with Gasteiger partial charge in [-0.25, -0.2) is 15.3 Å². The predicted octanol–water partition coefficient (Wildman–Crippen LogP) is 2.28. The summed E-state index contributed by atoms with van der Waals surface area (Å²) in [6, 6.07) is 3.05. The maximum atomic E-state index is 11.0. The highest BCUT2D eigenvalue weighted by molar-refractivity contribution is 7.93. The highest BCUT2D eigenvalue weighted by atomic mass is 35.5. The van der Waals surface area contributed by atoms with Gasteiger partial charge in [-0.15, -0.1) is 9.32 Å². The van der Waals surface area contributed by atoms with E-state index in [0.717, 1.165) is 12.0 Å². The molecule has 2 rings (SSSR count). The first kappa shape index (κ1) is 14.2. The fourth-order valence-electron chi connectivity index (χ4n) is 1.33. The number of halogens is 1. The molecule has 1 aliphatic rings. The Kier molecular flexibility index (Phi) is 4.35. The van der Waals surface area contributed by atoms with Gasteiger partial charge in [0.2, 0.25) is 5.60 Å². The van der Waals surface area contributed by atoms with E-state index in [4.69, 9.17) is 21.4 Å². The van der Waals surface area contributed by atoms with E-state index in [1.54, 1.807) is 6.26 Å². The third-order valence-electron chi connectivity index (χ3n) is 2.46. The lowest BCUT2D eigenvalue weighted by atomic mass is 10.3. The largest absolute Gasteiger partial charge is 0.478 e. The van der Waals surface area contributed by atoms with E-state index in [2.05, 4.69) is 19.8 Å². The average Bonchev–Trinajstić information content (AvgIpc) is 3.14. The van der Waals surface area contributed by atoms with Gasteiger partial charge in [-0.05, 0) is 12.1 Å². The van der Waals surface area contributed by atoms with Crippen LogP contribution in [-0.4, -0.2) is 27.9 Å². The van der Waals surface area contributed by atoms with E-state index in [-0.39, 0.29) is 10.9 Å². The summed E-state index contributed by atoms with van der Waals surface area (Å²) in [4.78, 5) is 19.5. The van der Waals surface area contributed by atoms with Crippen LogP contribution in [0.3, 0.4) is 0 Å². The summed E-state index contributed by atoms with van der Waals surface area (Å²) in [7, 11) is 0. The van der Waals surface area contributed by atoms with Crippen LogP contribution in [0.25, 0.3) is 0 Å². The summed E-state index contributed by atoms with van der Waals surface area (Å²) in [5, 5.41) is 9.06. The number of hydrogen-bond acceptors (Lipinski definition) is 7. The number of ether oxygens (including phenoxy) is 1. The number of carboxylic acids is 1. The molecular weight excluding hydrogens is 296 g/mol. The molecule has 1 fully saturated rings. The van der Waals surface area contributed by atoms with E-state index >= 15 is 0 Å². The first-order valence-electron chi connectivity index (χ1n) is 5.29. The van der Waals surface area contributed by atoms with Crippen molar-refractivity contribution in [3.8, 4) is 5.75 Å². The fourth-order valence-corrected chi connectivity index (χ4v) is 1.63. The van der Waals surface area contributed by atoms with Crippen LogP contribution < -0.4 is 10.2 Å². The molecule has 0 bridgehead atoms. The van der Waals surface area contributed by atoms with Crippen LogP contribution in [0.15, 0.2) is 12.1 Å². The van der Waals surface area contributed by atoms with Crippen LogP contribution in [0.4, 0.5) is 5.82 Å². The molecule has 0 saturated heterocycles. The standard InChI is InChI=1S/C10H11ClN2O5S/c1-19-18-17-13-7-3-2-6(8(11)12-7)16-10(4-5-10)9(14)15/h2-3H,4-5H2,1H3,(H,12,13)(H,14,15). The molecule has 0 aliphatic heterocycles. The number of hydrogen-bond donors (Lipinski definition) is 2. The topological polar surface area (TPSA) is 89.9 Å². The first-order chi connectivity index (χ1) is 9.07. The van der Waals surface area contributed by atoms with Gasteiger partial charge in [-0.3, -0.25) is 0 Å². The van der Waals surface area contributed by atoms with Gasteiger partial charge in [0.1, 0.15) is 0 Å². The SMILES string of the molecule is CSOONc1ccc(OC2(C(=O)O)CC2)c(Cl)n1. The van der Waals surface area contributed by atoms with Crippen LogP contribution >= 0.6 is 23.6 Å². The highest BCUT2D eigenvalue weighted by Gasteiger charge is 2.53. The lowest BCUT2D eigenvalue weighted by molar-refractivity contribution is -0.160. The Morgan fingerprint density at radius 1 is 1.58 bits per heavy atom. The zero-order chi connectivity index (χ0) is 13.9. The van der Waals surface area contributed by atoms with Crippen molar-refractivity contribution in [3.63, 3.8) is 0 Å². The molecule has 7 nitrogen and oxygen atoms in total. The number of nitrogens with one attached hydrogen (secondary N) is 1. The van der Waals surface area contributed by atoms with Crippen molar-refractivity contribution in [1.29, 1.82) is 0 Å². The molecule has 2 N–H and O–H groups in total. The van der Waals surface area contributed by atoms with Gasteiger partial charge in [-0.2, -0.15) is 0 Å². The van der Waals surface area contributed by atoms with Crippen molar-refractivity contribution >= 4 is 35.4 Å². The molecule has 0 aromatic carbocycles. The molecule has 0 spiro atoms. The van der Waals surface area contributed by atoms with Crippen LogP contribution in [-0.2, 0) is 14.1 Å². The Morgan fingerprint density at radius 2 is 2.32 bits per heavy atom. The first-order valence-corrected chi connectivity index (χ1v) is 6.81. The summed E-state index contributed by atoms with van der Waals surface area (Å²) in [6.45, 7) is 0. The number of anilines is 1. The van der Waals surface area contributed by atoms with Gasteiger partial charge in [0.15, 0.2) is 16.7 Å². The second-order valence-corrected chi connectivity index (χ2v) is 4.63. The Bertz CT molecular complexity index is 483. The quantitative estimate of drug-likeness (QED) is 0.261. The van der Waals surface area contributed by atoms with Crippen LogP contribution in [0.1, 0.15) is 12.8 Å². The van der Waals surface area contributed by atoms with Crippen LogP contribution in [0, 0.1) is 0 Å². The summed E-state index contributed by atoms with van der Waals surface area (Å²) < 4.78 is 9.93. The van der Waals surface area contributed by atoms with Gasteiger partial charge in [0, 0.05) is 31.1 Å². The normalized spacial score (nSPS) is 15.9. The van der Waals surface area contributed by atoms with E-state index in [1.165, 1.54) is 12.1 Å². The molecule has 0 atom stereocenters. The fraction of sp³-hybridized carbons (Fsp3) is 0.400. The zero-order valence-electron chi connectivity index (χ0n) is 9.88. The van der Waals surface area contributed by atoms with Gasteiger partial charge in [0.25, 0.3) is 0 Å². The minimum atomic E-state index is -1.15. The van der Waals surface area contributed by atoms with E-state index < -0.39 is 11.6 Å². The average molecular weight is 307 g/mol. The Hall–Kier alpha value is -1.22. The molecule has 9 heteroatoms. The van der Waals surface area contributed by atoms with Crippen molar-refractivity contribution in [2.75, 3.05) is 11.7 Å². The predicted molar refractivity (Wildman–Crippen MR) is 68.8 cm³/mol. The summed E-state index contributed by atoms with van der Waals surface area (Å²) in [5.41, 5.74) is 1.25. The van der Waals surface area contributed by atoms with Crippen molar-refractivity contribution in [1.82, 2.24) is 4.98 Å². The summed E-state index contributed by atoms with van der Waals surface area (Å²) in [6.07, 6.45) is 2.60. The summed E-state index contributed by atoms with van der Waals surface area (Å²) >= 11 is 6.92. The number of nitrogens with zero attached hydrogens (tertiary/aromatic N) is 1. The number of carboxylic acid groups (broad SMARTS) is 1. The molecule has 1 aromatic heterocycles. The minimum absolute atomic E-state index is 0.0466. The van der Waals surface area contributed by atoms with Crippen LogP contribution in [0.2, 0.25) is 5.15 Å². The van der Waals surface area contributed by atoms with Gasteiger partial charge < -0.3 is 9.84 Å². The van der Waals surface area contributed by atoms with Gasteiger partial charge in [-0.1, -0.05) is 11.6 Å². The molecule has 0 amide bonds. The molecule has 1 aliphatic carbocycles. The number of rotatable bonds is 7. The van der Waals surface area contributed by atoms with E-state index in [0.29, 0.717) is 18.7 Å². The third-order valence-corrected chi connectivity index (χ3v) is 2.94. The third kappa shape index (κ3) is 3.41. The zero-order valence-corrected chi connectivity index (χ0v) is 11.5.